The summed E-state index contributed by atoms with van der Waals surface area (Å²) >= 11 is 0. The number of hydrogen-bond donors (Lipinski definition) is 3. The molecule has 0 aromatic rings. The Morgan fingerprint density at radius 2 is 1.86 bits per heavy atom. The summed E-state index contributed by atoms with van der Waals surface area (Å²) < 4.78 is 38.3. The van der Waals surface area contributed by atoms with E-state index in [4.69, 9.17) is 10.2 Å². The minimum absolute atomic E-state index is 0.586. The summed E-state index contributed by atoms with van der Waals surface area (Å²) in [6.07, 6.45) is -5.93. The topological polar surface area (TPSA) is 78.8 Å². The number of hydrogen-bond acceptors (Lipinski definition) is 4. The van der Waals surface area contributed by atoms with Crippen molar-refractivity contribution in [1.29, 1.82) is 0 Å². The summed E-state index contributed by atoms with van der Waals surface area (Å²) in [6, 6.07) is -1.02. The monoisotopic (exact) mass is 217 g/mol. The lowest BCUT2D eigenvalue weighted by Crippen LogP contribution is -2.41. The molecule has 0 saturated heterocycles. The number of alkyl carbamates (subject to hydrolysis) is 1. The van der Waals surface area contributed by atoms with E-state index in [-0.39, 0.29) is 0 Å². The summed E-state index contributed by atoms with van der Waals surface area (Å²) in [5, 5.41) is 18.7. The summed E-state index contributed by atoms with van der Waals surface area (Å²) in [6.45, 7) is -2.88. The second-order valence-electron chi connectivity index (χ2n) is 2.40. The Labute approximate surface area is 77.5 Å². The molecule has 0 atom stereocenters. The maximum Gasteiger partial charge on any atom is 0.422 e. The van der Waals surface area contributed by atoms with E-state index in [1.54, 1.807) is 0 Å². The molecule has 84 valence electrons. The van der Waals surface area contributed by atoms with Crippen molar-refractivity contribution in [3.05, 3.63) is 0 Å². The fourth-order valence-corrected chi connectivity index (χ4v) is 0.505. The van der Waals surface area contributed by atoms with Crippen LogP contribution in [0.1, 0.15) is 0 Å². The van der Waals surface area contributed by atoms with Crippen LogP contribution in [0.3, 0.4) is 0 Å². The summed E-state index contributed by atoms with van der Waals surface area (Å²) in [5.41, 5.74) is 0. The van der Waals surface area contributed by atoms with Crippen LogP contribution in [0, 0.1) is 0 Å². The van der Waals surface area contributed by atoms with Crippen LogP contribution in [0.25, 0.3) is 0 Å². The molecule has 0 saturated carbocycles. The Balaban J connectivity index is 3.75. The first-order chi connectivity index (χ1) is 6.39. The highest BCUT2D eigenvalue weighted by atomic mass is 19.4. The van der Waals surface area contributed by atoms with E-state index in [0.29, 0.717) is 0 Å². The molecule has 14 heavy (non-hydrogen) atoms. The van der Waals surface area contributed by atoms with E-state index in [1.807, 2.05) is 5.32 Å². The first kappa shape index (κ1) is 13.0. The molecule has 0 aliphatic rings. The molecule has 5 nitrogen and oxygen atoms in total. The average Bonchev–Trinajstić information content (AvgIpc) is 2.09. The summed E-state index contributed by atoms with van der Waals surface area (Å²) in [7, 11) is 0. The number of ether oxygens (including phenoxy) is 1. The molecule has 0 aliphatic carbocycles. The minimum atomic E-state index is -4.59. The molecule has 0 aliphatic heterocycles. The predicted molar refractivity (Wildman–Crippen MR) is 38.5 cm³/mol. The average molecular weight is 217 g/mol. The van der Waals surface area contributed by atoms with Gasteiger partial charge in [0.15, 0.2) is 6.61 Å². The molecule has 1 amide bonds. The first-order valence-electron chi connectivity index (χ1n) is 3.61. The van der Waals surface area contributed by atoms with Crippen LogP contribution in [0.2, 0.25) is 0 Å². The normalized spacial score (nSPS) is 11.6. The van der Waals surface area contributed by atoms with E-state index in [9.17, 15) is 18.0 Å². The quantitative estimate of drug-likeness (QED) is 0.600. The van der Waals surface area contributed by atoms with Crippen LogP contribution in [0.15, 0.2) is 0 Å². The second kappa shape index (κ2) is 5.66. The number of amides is 1. The Kier molecular flexibility index (Phi) is 5.24. The van der Waals surface area contributed by atoms with Gasteiger partial charge in [-0.2, -0.15) is 13.2 Å². The molecule has 0 rings (SSSR count). The largest absolute Gasteiger partial charge is 0.440 e. The van der Waals surface area contributed by atoms with Crippen molar-refractivity contribution in [1.82, 2.24) is 5.32 Å². The zero-order valence-electron chi connectivity index (χ0n) is 7.04. The highest BCUT2D eigenvalue weighted by Gasteiger charge is 2.29. The number of carbonyl (C=O) groups excluding carboxylic acids is 1. The van der Waals surface area contributed by atoms with Crippen molar-refractivity contribution in [2.24, 2.45) is 0 Å². The van der Waals surface area contributed by atoms with Gasteiger partial charge in [0, 0.05) is 0 Å². The molecule has 0 aromatic heterocycles. The molecule has 3 N–H and O–H groups in total. The standard InChI is InChI=1S/C6H10F3NO4/c7-6(8,9)3-14-5(13)10-4(1-11)2-12/h4,11-12H,1-3H2,(H,10,13). The van der Waals surface area contributed by atoms with Gasteiger partial charge in [-0.1, -0.05) is 0 Å². The predicted octanol–water partition coefficient (Wildman–Crippen LogP) is -0.372. The number of aliphatic hydroxyl groups is 2. The third-order valence-electron chi connectivity index (χ3n) is 1.13. The molecule has 8 heteroatoms. The van der Waals surface area contributed by atoms with Gasteiger partial charge >= 0.3 is 12.3 Å². The number of aliphatic hydroxyl groups excluding tert-OH is 2. The van der Waals surface area contributed by atoms with Crippen LogP contribution in [-0.4, -0.2) is 48.3 Å². The maximum atomic E-state index is 11.5. The summed E-state index contributed by atoms with van der Waals surface area (Å²) in [5.74, 6) is 0. The fraction of sp³-hybridized carbons (Fsp3) is 0.833. The lowest BCUT2D eigenvalue weighted by molar-refractivity contribution is -0.160. The van der Waals surface area contributed by atoms with E-state index in [1.165, 1.54) is 0 Å². The molecule has 0 bridgehead atoms. The Bertz CT molecular complexity index is 180. The van der Waals surface area contributed by atoms with Gasteiger partial charge in [0.05, 0.1) is 19.3 Å². The second-order valence-corrected chi connectivity index (χ2v) is 2.40. The maximum absolute atomic E-state index is 11.5. The van der Waals surface area contributed by atoms with Gasteiger partial charge in [0.2, 0.25) is 0 Å². The van der Waals surface area contributed by atoms with Gasteiger partial charge in [-0.25, -0.2) is 4.79 Å². The van der Waals surface area contributed by atoms with Crippen molar-refractivity contribution in [2.45, 2.75) is 12.2 Å². The SMILES string of the molecule is O=C(NC(CO)CO)OCC(F)(F)F. The van der Waals surface area contributed by atoms with E-state index < -0.39 is 38.1 Å². The van der Waals surface area contributed by atoms with Gasteiger partial charge in [0.25, 0.3) is 0 Å². The van der Waals surface area contributed by atoms with Gasteiger partial charge < -0.3 is 20.3 Å². The first-order valence-corrected chi connectivity index (χ1v) is 3.61. The molecular formula is C6H10F3NO4. The molecule has 0 heterocycles. The van der Waals surface area contributed by atoms with Crippen LogP contribution >= 0.6 is 0 Å². The Hall–Kier alpha value is -1.02. The number of nitrogens with one attached hydrogen (secondary N) is 1. The molecule has 0 radical (unpaired) electrons. The fourth-order valence-electron chi connectivity index (χ4n) is 0.505. The van der Waals surface area contributed by atoms with Gasteiger partial charge in [0.1, 0.15) is 0 Å². The third-order valence-corrected chi connectivity index (χ3v) is 1.13. The van der Waals surface area contributed by atoms with E-state index in [0.717, 1.165) is 0 Å². The van der Waals surface area contributed by atoms with Crippen molar-refractivity contribution in [3.8, 4) is 0 Å². The van der Waals surface area contributed by atoms with Crippen LogP contribution in [0.5, 0.6) is 0 Å². The number of carbonyl (C=O) groups is 1. The third kappa shape index (κ3) is 6.49. The molecule has 0 fully saturated rings. The molecule has 0 unspecified atom stereocenters. The molecule has 0 aromatic carbocycles. The number of alkyl halides is 3. The van der Waals surface area contributed by atoms with Crippen molar-refractivity contribution >= 4 is 6.09 Å². The van der Waals surface area contributed by atoms with E-state index >= 15 is 0 Å². The smallest absolute Gasteiger partial charge is 0.422 e. The van der Waals surface area contributed by atoms with Crippen molar-refractivity contribution in [3.63, 3.8) is 0 Å². The van der Waals surface area contributed by atoms with Gasteiger partial charge in [-0.05, 0) is 0 Å². The zero-order valence-corrected chi connectivity index (χ0v) is 7.04. The van der Waals surface area contributed by atoms with Gasteiger partial charge in [-0.3, -0.25) is 0 Å². The number of halogens is 3. The van der Waals surface area contributed by atoms with Crippen molar-refractivity contribution < 1.29 is 32.9 Å². The highest BCUT2D eigenvalue weighted by molar-refractivity contribution is 5.67. The van der Waals surface area contributed by atoms with Crippen LogP contribution < -0.4 is 5.32 Å². The minimum Gasteiger partial charge on any atom is -0.440 e. The van der Waals surface area contributed by atoms with Gasteiger partial charge in [-0.15, -0.1) is 0 Å². The summed E-state index contributed by atoms with van der Waals surface area (Å²) in [4.78, 5) is 10.6. The van der Waals surface area contributed by atoms with Crippen LogP contribution in [0.4, 0.5) is 18.0 Å². The lowest BCUT2D eigenvalue weighted by atomic mass is 10.3. The number of rotatable bonds is 4. The highest BCUT2D eigenvalue weighted by Crippen LogP contribution is 2.14. The lowest BCUT2D eigenvalue weighted by Gasteiger charge is -2.13. The van der Waals surface area contributed by atoms with E-state index in [2.05, 4.69) is 4.74 Å². The zero-order chi connectivity index (χ0) is 11.2. The molecular weight excluding hydrogens is 207 g/mol. The Morgan fingerprint density at radius 3 is 2.21 bits per heavy atom. The van der Waals surface area contributed by atoms with Crippen LogP contribution in [-0.2, 0) is 4.74 Å². The van der Waals surface area contributed by atoms with Crippen molar-refractivity contribution in [2.75, 3.05) is 19.8 Å². The Morgan fingerprint density at radius 1 is 1.36 bits per heavy atom. The molecule has 0 spiro atoms.